The molecule has 82 valence electrons. The molecule has 0 heterocycles. The number of rotatable bonds is 5. The highest BCUT2D eigenvalue weighted by Gasteiger charge is 2.27. The summed E-state index contributed by atoms with van der Waals surface area (Å²) >= 11 is 5.18. The Morgan fingerprint density at radius 3 is 2.29 bits per heavy atom. The van der Waals surface area contributed by atoms with Gasteiger partial charge in [-0.3, -0.25) is 0 Å². The molecule has 14 heavy (non-hydrogen) atoms. The summed E-state index contributed by atoms with van der Waals surface area (Å²) in [5.41, 5.74) is 0. The summed E-state index contributed by atoms with van der Waals surface area (Å²) in [6, 6.07) is 0. The minimum Gasteiger partial charge on any atom is -0.362 e. The molecule has 1 rings (SSSR count). The van der Waals surface area contributed by atoms with Gasteiger partial charge in [0.25, 0.3) is 0 Å². The van der Waals surface area contributed by atoms with Crippen molar-refractivity contribution in [2.45, 2.75) is 33.6 Å². The van der Waals surface area contributed by atoms with Gasteiger partial charge in [-0.1, -0.05) is 20.8 Å². The molecule has 2 N–H and O–H groups in total. The summed E-state index contributed by atoms with van der Waals surface area (Å²) in [4.78, 5) is 0. The second kappa shape index (κ2) is 5.54. The van der Waals surface area contributed by atoms with Crippen LogP contribution in [-0.2, 0) is 0 Å². The lowest BCUT2D eigenvalue weighted by Gasteiger charge is -2.15. The highest BCUT2D eigenvalue weighted by molar-refractivity contribution is 7.80. The van der Waals surface area contributed by atoms with Gasteiger partial charge in [0.2, 0.25) is 0 Å². The van der Waals surface area contributed by atoms with Gasteiger partial charge < -0.3 is 10.6 Å². The number of hydrogen-bond donors (Lipinski definition) is 2. The minimum atomic E-state index is 0.649. The molecule has 3 heteroatoms. The number of nitrogens with one attached hydrogen (secondary N) is 2. The van der Waals surface area contributed by atoms with Gasteiger partial charge in [-0.15, -0.1) is 0 Å². The van der Waals surface area contributed by atoms with Crippen molar-refractivity contribution in [3.05, 3.63) is 0 Å². The largest absolute Gasteiger partial charge is 0.362 e. The average Bonchev–Trinajstić information content (AvgIpc) is 2.93. The van der Waals surface area contributed by atoms with E-state index in [9.17, 15) is 0 Å². The smallest absolute Gasteiger partial charge is 0.166 e. The molecule has 2 nitrogen and oxygen atoms in total. The first-order chi connectivity index (χ1) is 6.59. The summed E-state index contributed by atoms with van der Waals surface area (Å²) in [7, 11) is 0. The van der Waals surface area contributed by atoms with Gasteiger partial charge in [-0.05, 0) is 42.8 Å². The Hall–Kier alpha value is -0.310. The Labute approximate surface area is 92.8 Å². The van der Waals surface area contributed by atoms with E-state index >= 15 is 0 Å². The molecule has 0 aromatic carbocycles. The second-order valence-corrected chi connectivity index (χ2v) is 5.21. The fourth-order valence-electron chi connectivity index (χ4n) is 1.44. The van der Waals surface area contributed by atoms with E-state index in [2.05, 4.69) is 31.4 Å². The van der Waals surface area contributed by atoms with Crippen LogP contribution in [0.5, 0.6) is 0 Å². The molecule has 1 aliphatic rings. The van der Waals surface area contributed by atoms with E-state index < -0.39 is 0 Å². The predicted octanol–water partition coefficient (Wildman–Crippen LogP) is 2.15. The van der Waals surface area contributed by atoms with E-state index in [0.29, 0.717) is 5.92 Å². The summed E-state index contributed by atoms with van der Waals surface area (Å²) < 4.78 is 0. The molecule has 1 saturated carbocycles. The van der Waals surface area contributed by atoms with Crippen LogP contribution in [0, 0.1) is 17.8 Å². The van der Waals surface area contributed by atoms with Gasteiger partial charge in [0.05, 0.1) is 0 Å². The lowest BCUT2D eigenvalue weighted by Crippen LogP contribution is -2.39. The van der Waals surface area contributed by atoms with Gasteiger partial charge in [0, 0.05) is 13.1 Å². The van der Waals surface area contributed by atoms with Crippen molar-refractivity contribution in [1.82, 2.24) is 10.6 Å². The fourth-order valence-corrected chi connectivity index (χ4v) is 1.61. The predicted molar refractivity (Wildman–Crippen MR) is 65.3 cm³/mol. The van der Waals surface area contributed by atoms with Crippen molar-refractivity contribution in [3.63, 3.8) is 0 Å². The molecule has 1 fully saturated rings. The summed E-state index contributed by atoms with van der Waals surface area (Å²) in [5.74, 6) is 2.37. The van der Waals surface area contributed by atoms with Crippen molar-refractivity contribution in [1.29, 1.82) is 0 Å². The fraction of sp³-hybridized carbons (Fsp3) is 0.909. The van der Waals surface area contributed by atoms with Crippen LogP contribution in [0.25, 0.3) is 0 Å². The topological polar surface area (TPSA) is 24.1 Å². The van der Waals surface area contributed by atoms with E-state index in [1.54, 1.807) is 0 Å². The van der Waals surface area contributed by atoms with Crippen LogP contribution in [0.15, 0.2) is 0 Å². The van der Waals surface area contributed by atoms with Crippen LogP contribution >= 0.6 is 12.2 Å². The third kappa shape index (κ3) is 4.80. The van der Waals surface area contributed by atoms with Gasteiger partial charge in [0.15, 0.2) is 5.11 Å². The zero-order chi connectivity index (χ0) is 10.6. The lowest BCUT2D eigenvalue weighted by atomic mass is 10.1. The summed E-state index contributed by atoms with van der Waals surface area (Å²) in [5, 5.41) is 7.31. The number of hydrogen-bond acceptors (Lipinski definition) is 1. The molecule has 0 radical (unpaired) electrons. The summed E-state index contributed by atoms with van der Waals surface area (Å²) in [6.45, 7) is 8.65. The maximum absolute atomic E-state index is 5.18. The first-order valence-corrected chi connectivity index (χ1v) is 6.02. The average molecular weight is 214 g/mol. The lowest BCUT2D eigenvalue weighted by molar-refractivity contribution is 0.496. The first kappa shape index (κ1) is 11.8. The molecule has 0 aromatic rings. The van der Waals surface area contributed by atoms with E-state index in [0.717, 1.165) is 30.0 Å². The third-order valence-electron chi connectivity index (χ3n) is 2.68. The third-order valence-corrected chi connectivity index (χ3v) is 2.97. The molecule has 0 aromatic heterocycles. The zero-order valence-corrected chi connectivity index (χ0v) is 10.3. The Kier molecular flexibility index (Phi) is 4.66. The minimum absolute atomic E-state index is 0.649. The molecule has 0 saturated heterocycles. The van der Waals surface area contributed by atoms with Gasteiger partial charge >= 0.3 is 0 Å². The van der Waals surface area contributed by atoms with Crippen LogP contribution < -0.4 is 10.6 Å². The van der Waals surface area contributed by atoms with E-state index in [1.165, 1.54) is 12.8 Å². The normalized spacial score (nSPS) is 18.0. The van der Waals surface area contributed by atoms with Gasteiger partial charge in [-0.25, -0.2) is 0 Å². The molecule has 0 bridgehead atoms. The summed E-state index contributed by atoms with van der Waals surface area (Å²) in [6.07, 6.45) is 2.82. The molecular weight excluding hydrogens is 192 g/mol. The molecule has 0 amide bonds. The Bertz CT molecular complexity index is 188. The van der Waals surface area contributed by atoms with Crippen LogP contribution in [0.2, 0.25) is 0 Å². The van der Waals surface area contributed by atoms with Crippen molar-refractivity contribution in [2.75, 3.05) is 13.1 Å². The Morgan fingerprint density at radius 1 is 1.21 bits per heavy atom. The maximum Gasteiger partial charge on any atom is 0.166 e. The molecule has 0 aliphatic heterocycles. The quantitative estimate of drug-likeness (QED) is 0.686. The Morgan fingerprint density at radius 2 is 1.79 bits per heavy atom. The number of thiocarbonyl (C=S) groups is 1. The zero-order valence-electron chi connectivity index (χ0n) is 9.47. The van der Waals surface area contributed by atoms with Crippen molar-refractivity contribution >= 4 is 17.3 Å². The molecule has 1 atom stereocenters. The maximum atomic E-state index is 5.18. The van der Waals surface area contributed by atoms with Gasteiger partial charge in [-0.2, -0.15) is 0 Å². The Balaban J connectivity index is 2.02. The highest BCUT2D eigenvalue weighted by Crippen LogP contribution is 2.35. The van der Waals surface area contributed by atoms with E-state index in [-0.39, 0.29) is 0 Å². The highest BCUT2D eigenvalue weighted by atomic mass is 32.1. The van der Waals surface area contributed by atoms with Crippen molar-refractivity contribution in [3.8, 4) is 0 Å². The van der Waals surface area contributed by atoms with E-state index in [4.69, 9.17) is 12.2 Å². The monoisotopic (exact) mass is 214 g/mol. The van der Waals surface area contributed by atoms with Gasteiger partial charge in [0.1, 0.15) is 0 Å². The van der Waals surface area contributed by atoms with Crippen LogP contribution in [0.4, 0.5) is 0 Å². The SMILES string of the molecule is CC(C)CNC(=S)NCC(C)C1CC1. The molecule has 0 spiro atoms. The van der Waals surface area contributed by atoms with Crippen LogP contribution in [0.1, 0.15) is 33.6 Å². The molecule has 1 unspecified atom stereocenters. The standard InChI is InChI=1S/C11H22N2S/c1-8(2)6-12-11(14)13-7-9(3)10-4-5-10/h8-10H,4-7H2,1-3H3,(H2,12,13,14). The van der Waals surface area contributed by atoms with Crippen LogP contribution in [-0.4, -0.2) is 18.2 Å². The van der Waals surface area contributed by atoms with Crippen LogP contribution in [0.3, 0.4) is 0 Å². The van der Waals surface area contributed by atoms with Crippen molar-refractivity contribution in [2.24, 2.45) is 17.8 Å². The molecule has 1 aliphatic carbocycles. The van der Waals surface area contributed by atoms with E-state index in [1.807, 2.05) is 0 Å². The first-order valence-electron chi connectivity index (χ1n) is 5.61. The second-order valence-electron chi connectivity index (χ2n) is 4.80. The van der Waals surface area contributed by atoms with Crippen molar-refractivity contribution < 1.29 is 0 Å². The molecular formula is C11H22N2S.